The number of carboxylic acid groups (broad SMARTS) is 1. The van der Waals surface area contributed by atoms with Crippen LogP contribution in [0.4, 0.5) is 0 Å². The highest BCUT2D eigenvalue weighted by Crippen LogP contribution is 2.05. The molecule has 1 aromatic carbocycles. The summed E-state index contributed by atoms with van der Waals surface area (Å²) in [7, 11) is 0. The molecule has 4 N–H and O–H groups in total. The fourth-order valence-electron chi connectivity index (χ4n) is 1.01. The van der Waals surface area contributed by atoms with Crippen LogP contribution in [0.25, 0.3) is 0 Å². The van der Waals surface area contributed by atoms with Crippen LogP contribution in [0, 0.1) is 5.41 Å². The Morgan fingerprint density at radius 2 is 1.93 bits per heavy atom. The van der Waals surface area contributed by atoms with E-state index in [-0.39, 0.29) is 17.8 Å². The van der Waals surface area contributed by atoms with Gasteiger partial charge < -0.3 is 5.11 Å². The number of nitrogens with one attached hydrogen (secondary N) is 2. The number of hydroxylamine groups is 1. The van der Waals surface area contributed by atoms with E-state index in [9.17, 15) is 4.79 Å². The molecule has 0 radical (unpaired) electrons. The van der Waals surface area contributed by atoms with E-state index in [0.717, 1.165) is 5.56 Å². The van der Waals surface area contributed by atoms with Gasteiger partial charge in [0.2, 0.25) is 0 Å². The molecule has 0 bridgehead atoms. The standard InChI is InChI=1S/C9H10N2O3/c10-8(11-14)5-6-1-3-7(4-2-6)9(12)13/h1-4,14H,5H2,(H2,10,11)(H,12,13). The molecule has 5 nitrogen and oxygen atoms in total. The minimum Gasteiger partial charge on any atom is -0.478 e. The van der Waals surface area contributed by atoms with Gasteiger partial charge in [-0.1, -0.05) is 12.1 Å². The molecule has 1 aromatic rings. The Balaban J connectivity index is 2.73. The minimum absolute atomic E-state index is 0.0342. The Hall–Kier alpha value is -1.88. The van der Waals surface area contributed by atoms with Crippen LogP contribution in [0.5, 0.6) is 0 Å². The first-order valence-electron chi connectivity index (χ1n) is 3.93. The summed E-state index contributed by atoms with van der Waals surface area (Å²) >= 11 is 0. The Morgan fingerprint density at radius 3 is 2.36 bits per heavy atom. The summed E-state index contributed by atoms with van der Waals surface area (Å²) in [5.74, 6) is -1.01. The number of carboxylic acids is 1. The molecular formula is C9H10N2O3. The molecule has 0 aromatic heterocycles. The van der Waals surface area contributed by atoms with Gasteiger partial charge in [-0.2, -0.15) is 0 Å². The molecule has 1 rings (SSSR count). The third-order valence-corrected chi connectivity index (χ3v) is 1.72. The fourth-order valence-corrected chi connectivity index (χ4v) is 1.01. The van der Waals surface area contributed by atoms with Crippen molar-refractivity contribution < 1.29 is 15.1 Å². The van der Waals surface area contributed by atoms with Crippen LogP contribution < -0.4 is 5.48 Å². The van der Waals surface area contributed by atoms with Crippen molar-refractivity contribution >= 4 is 11.8 Å². The zero-order valence-electron chi connectivity index (χ0n) is 7.32. The highest BCUT2D eigenvalue weighted by Gasteiger charge is 2.02. The van der Waals surface area contributed by atoms with E-state index in [4.69, 9.17) is 15.7 Å². The molecule has 0 spiro atoms. The van der Waals surface area contributed by atoms with E-state index >= 15 is 0 Å². The summed E-state index contributed by atoms with van der Waals surface area (Å²) in [6.07, 6.45) is 0.246. The lowest BCUT2D eigenvalue weighted by Crippen LogP contribution is -2.19. The van der Waals surface area contributed by atoms with E-state index in [2.05, 4.69) is 0 Å². The molecule has 0 heterocycles. The zero-order chi connectivity index (χ0) is 10.6. The van der Waals surface area contributed by atoms with Gasteiger partial charge in [-0.05, 0) is 17.7 Å². The number of benzene rings is 1. The first kappa shape index (κ1) is 10.2. The van der Waals surface area contributed by atoms with Gasteiger partial charge in [-0.3, -0.25) is 16.1 Å². The third-order valence-electron chi connectivity index (χ3n) is 1.72. The maximum Gasteiger partial charge on any atom is 0.335 e. The van der Waals surface area contributed by atoms with E-state index < -0.39 is 5.97 Å². The van der Waals surface area contributed by atoms with Gasteiger partial charge >= 0.3 is 5.97 Å². The molecule has 0 aliphatic heterocycles. The van der Waals surface area contributed by atoms with Crippen molar-refractivity contribution in [1.82, 2.24) is 5.48 Å². The van der Waals surface area contributed by atoms with Gasteiger partial charge in [0.1, 0.15) is 5.84 Å². The second kappa shape index (κ2) is 4.38. The molecule has 0 saturated heterocycles. The lowest BCUT2D eigenvalue weighted by Gasteiger charge is -2.02. The number of amidine groups is 1. The molecule has 0 unspecified atom stereocenters. The average molecular weight is 194 g/mol. The monoisotopic (exact) mass is 194 g/mol. The van der Waals surface area contributed by atoms with Crippen molar-refractivity contribution in [3.63, 3.8) is 0 Å². The normalized spacial score (nSPS) is 9.50. The predicted molar refractivity (Wildman–Crippen MR) is 49.8 cm³/mol. The Morgan fingerprint density at radius 1 is 1.36 bits per heavy atom. The molecule has 0 saturated carbocycles. The molecule has 0 aliphatic carbocycles. The van der Waals surface area contributed by atoms with Crippen molar-refractivity contribution in [1.29, 1.82) is 5.41 Å². The maximum absolute atomic E-state index is 10.5. The van der Waals surface area contributed by atoms with Gasteiger partial charge in [0, 0.05) is 6.42 Å². The van der Waals surface area contributed by atoms with Crippen molar-refractivity contribution in [3.05, 3.63) is 35.4 Å². The molecule has 0 atom stereocenters. The van der Waals surface area contributed by atoms with E-state index in [1.807, 2.05) is 0 Å². The molecular weight excluding hydrogens is 184 g/mol. The van der Waals surface area contributed by atoms with Crippen molar-refractivity contribution in [2.24, 2.45) is 0 Å². The van der Waals surface area contributed by atoms with E-state index in [1.54, 1.807) is 17.6 Å². The number of carbonyl (C=O) groups is 1. The number of hydrogen-bond donors (Lipinski definition) is 4. The lowest BCUT2D eigenvalue weighted by molar-refractivity contribution is 0.0697. The van der Waals surface area contributed by atoms with Crippen molar-refractivity contribution in [2.75, 3.05) is 0 Å². The number of aromatic carboxylic acids is 1. The second-order valence-corrected chi connectivity index (χ2v) is 2.77. The van der Waals surface area contributed by atoms with Crippen LogP contribution in [0.3, 0.4) is 0 Å². The Bertz CT molecular complexity index is 346. The van der Waals surface area contributed by atoms with Crippen LogP contribution in [0.15, 0.2) is 24.3 Å². The first-order chi connectivity index (χ1) is 6.63. The quantitative estimate of drug-likeness (QED) is 0.326. The van der Waals surface area contributed by atoms with Gasteiger partial charge in [-0.25, -0.2) is 4.79 Å². The predicted octanol–water partition coefficient (Wildman–Crippen LogP) is 0.883. The van der Waals surface area contributed by atoms with Gasteiger partial charge in [0.05, 0.1) is 5.56 Å². The van der Waals surface area contributed by atoms with Gasteiger partial charge in [0.15, 0.2) is 0 Å². The molecule has 0 amide bonds. The number of hydrogen-bond acceptors (Lipinski definition) is 3. The SMILES string of the molecule is N=C(Cc1ccc(C(=O)O)cc1)NO. The second-order valence-electron chi connectivity index (χ2n) is 2.77. The lowest BCUT2D eigenvalue weighted by atomic mass is 10.1. The summed E-state index contributed by atoms with van der Waals surface area (Å²) in [5.41, 5.74) is 2.69. The topological polar surface area (TPSA) is 93.4 Å². The molecule has 74 valence electrons. The zero-order valence-corrected chi connectivity index (χ0v) is 7.32. The maximum atomic E-state index is 10.5. The summed E-state index contributed by atoms with van der Waals surface area (Å²) in [5, 5.41) is 24.1. The van der Waals surface area contributed by atoms with E-state index in [0.29, 0.717) is 0 Å². The van der Waals surface area contributed by atoms with Gasteiger partial charge in [0.25, 0.3) is 0 Å². The Kier molecular flexibility index (Phi) is 3.19. The van der Waals surface area contributed by atoms with Crippen molar-refractivity contribution in [2.45, 2.75) is 6.42 Å². The van der Waals surface area contributed by atoms with Crippen LogP contribution >= 0.6 is 0 Å². The fraction of sp³-hybridized carbons (Fsp3) is 0.111. The smallest absolute Gasteiger partial charge is 0.335 e. The van der Waals surface area contributed by atoms with Crippen LogP contribution in [-0.2, 0) is 6.42 Å². The molecule has 0 aliphatic rings. The molecule has 0 fully saturated rings. The van der Waals surface area contributed by atoms with E-state index in [1.165, 1.54) is 12.1 Å². The largest absolute Gasteiger partial charge is 0.478 e. The van der Waals surface area contributed by atoms with Crippen LogP contribution in [-0.4, -0.2) is 22.1 Å². The minimum atomic E-state index is -0.980. The summed E-state index contributed by atoms with van der Waals surface area (Å²) in [4.78, 5) is 10.5. The summed E-state index contributed by atoms with van der Waals surface area (Å²) < 4.78 is 0. The Labute approximate surface area is 80.5 Å². The van der Waals surface area contributed by atoms with Gasteiger partial charge in [-0.15, -0.1) is 0 Å². The van der Waals surface area contributed by atoms with Crippen LogP contribution in [0.2, 0.25) is 0 Å². The highest BCUT2D eigenvalue weighted by molar-refractivity contribution is 5.87. The summed E-state index contributed by atoms with van der Waals surface area (Å²) in [6, 6.07) is 6.13. The average Bonchev–Trinajstić information content (AvgIpc) is 2.18. The first-order valence-corrected chi connectivity index (χ1v) is 3.93. The molecule has 14 heavy (non-hydrogen) atoms. The number of rotatable bonds is 3. The summed E-state index contributed by atoms with van der Waals surface area (Å²) in [6.45, 7) is 0. The third kappa shape index (κ3) is 2.56. The van der Waals surface area contributed by atoms with Crippen molar-refractivity contribution in [3.8, 4) is 0 Å². The van der Waals surface area contributed by atoms with Crippen LogP contribution in [0.1, 0.15) is 15.9 Å². The highest BCUT2D eigenvalue weighted by atomic mass is 16.5. The molecule has 5 heteroatoms.